The highest BCUT2D eigenvalue weighted by molar-refractivity contribution is 5.95. The molecule has 1 saturated heterocycles. The van der Waals surface area contributed by atoms with Gasteiger partial charge in [-0.3, -0.25) is 28.8 Å². The van der Waals surface area contributed by atoms with Crippen molar-refractivity contribution in [2.45, 2.75) is 50.9 Å². The molecule has 4 aromatic rings. The van der Waals surface area contributed by atoms with Gasteiger partial charge in [0.1, 0.15) is 5.82 Å². The van der Waals surface area contributed by atoms with Gasteiger partial charge in [-0.15, -0.1) is 0 Å². The Kier molecular flexibility index (Phi) is 9.52. The molecule has 0 spiro atoms. The highest BCUT2D eigenvalue weighted by atomic mass is 19.1. The number of nitrogens with zero attached hydrogens (tertiary/aromatic N) is 6. The molecule has 4 heterocycles. The summed E-state index contributed by atoms with van der Waals surface area (Å²) in [4.78, 5) is 49.4. The number of nitrogens with one attached hydrogen (secondary N) is 3. The lowest BCUT2D eigenvalue weighted by atomic mass is 10.1. The number of amides is 3. The van der Waals surface area contributed by atoms with Crippen molar-refractivity contribution in [2.75, 3.05) is 44.6 Å². The molecule has 1 saturated carbocycles. The van der Waals surface area contributed by atoms with E-state index >= 15 is 4.39 Å². The van der Waals surface area contributed by atoms with Crippen molar-refractivity contribution in [3.05, 3.63) is 60.1 Å². The van der Waals surface area contributed by atoms with Crippen molar-refractivity contribution in [2.24, 2.45) is 5.73 Å². The minimum absolute atomic E-state index is 0.0513. The molecule has 0 unspecified atom stereocenters. The summed E-state index contributed by atoms with van der Waals surface area (Å²) in [7, 11) is 0. The Morgan fingerprint density at radius 2 is 1.85 bits per heavy atom. The van der Waals surface area contributed by atoms with Crippen molar-refractivity contribution in [3.8, 4) is 11.3 Å². The van der Waals surface area contributed by atoms with Gasteiger partial charge in [0.25, 0.3) is 5.91 Å². The third kappa shape index (κ3) is 7.50. The second-order valence-electron chi connectivity index (χ2n) is 12.0. The summed E-state index contributed by atoms with van der Waals surface area (Å²) in [6.07, 6.45) is 13.2. The van der Waals surface area contributed by atoms with Gasteiger partial charge in [0.2, 0.25) is 11.8 Å². The number of nitrogens with two attached hydrogens (primary N) is 1. The predicted octanol–water partition coefficient (Wildman–Crippen LogP) is 3.19. The van der Waals surface area contributed by atoms with Gasteiger partial charge in [-0.05, 0) is 43.9 Å². The minimum Gasteiger partial charge on any atom is -0.370 e. The van der Waals surface area contributed by atoms with E-state index in [0.717, 1.165) is 55.5 Å². The molecule has 46 heavy (non-hydrogen) atoms. The molecule has 3 aromatic heterocycles. The molecule has 0 atom stereocenters. The molecular weight excluding hydrogens is 591 g/mol. The van der Waals surface area contributed by atoms with Gasteiger partial charge >= 0.3 is 0 Å². The lowest BCUT2D eigenvalue weighted by Gasteiger charge is -2.34. The second kappa shape index (κ2) is 14.1. The largest absolute Gasteiger partial charge is 0.370 e. The van der Waals surface area contributed by atoms with Crippen molar-refractivity contribution >= 4 is 34.9 Å². The van der Waals surface area contributed by atoms with Crippen LogP contribution >= 0.6 is 0 Å². The van der Waals surface area contributed by atoms with E-state index in [4.69, 9.17) is 10.7 Å². The van der Waals surface area contributed by atoms with Gasteiger partial charge in [0.05, 0.1) is 36.0 Å². The Labute approximate surface area is 265 Å². The average Bonchev–Trinajstić information content (AvgIpc) is 3.58. The maximum Gasteiger partial charge on any atom is 0.254 e. The first-order chi connectivity index (χ1) is 22.4. The van der Waals surface area contributed by atoms with Crippen molar-refractivity contribution < 1.29 is 18.8 Å². The van der Waals surface area contributed by atoms with E-state index in [1.807, 2.05) is 15.5 Å². The van der Waals surface area contributed by atoms with E-state index in [1.54, 1.807) is 35.6 Å². The number of unbranched alkanes of at least 4 members (excludes halogenated alkanes) is 3. The number of aromatic amines is 1. The number of carbonyl (C=O) groups excluding carboxylic acids is 3. The normalized spacial score (nSPS) is 15.3. The van der Waals surface area contributed by atoms with Crippen LogP contribution < -0.4 is 16.4 Å². The number of carbonyl (C=O) groups is 3. The molecule has 6 rings (SSSR count). The topological polar surface area (TPSA) is 167 Å². The van der Waals surface area contributed by atoms with E-state index in [9.17, 15) is 14.4 Å². The summed E-state index contributed by atoms with van der Waals surface area (Å²) >= 11 is 0. The van der Waals surface area contributed by atoms with E-state index in [2.05, 4.69) is 25.8 Å². The fraction of sp³-hybridized carbons (Fsp3) is 0.438. The van der Waals surface area contributed by atoms with Gasteiger partial charge < -0.3 is 21.3 Å². The number of anilines is 2. The maximum atomic E-state index is 15.4. The van der Waals surface area contributed by atoms with Crippen molar-refractivity contribution in [3.63, 3.8) is 0 Å². The number of imidazole rings is 1. The number of halogens is 1. The Morgan fingerprint density at radius 3 is 2.57 bits per heavy atom. The second-order valence-corrected chi connectivity index (χ2v) is 12.0. The monoisotopic (exact) mass is 630 g/mol. The summed E-state index contributed by atoms with van der Waals surface area (Å²) in [5.74, 6) is -0.343. The molecule has 13 nitrogen and oxygen atoms in total. The van der Waals surface area contributed by atoms with Crippen LogP contribution in [0.25, 0.3) is 16.9 Å². The molecule has 0 bridgehead atoms. The van der Waals surface area contributed by atoms with Crippen LogP contribution in [0.15, 0.2) is 43.0 Å². The molecule has 1 aliphatic carbocycles. The van der Waals surface area contributed by atoms with Crippen LogP contribution in [0.1, 0.15) is 66.9 Å². The van der Waals surface area contributed by atoms with E-state index in [0.29, 0.717) is 56.5 Å². The fourth-order valence-electron chi connectivity index (χ4n) is 5.70. The molecule has 2 fully saturated rings. The highest BCUT2D eigenvalue weighted by Crippen LogP contribution is 2.40. The summed E-state index contributed by atoms with van der Waals surface area (Å²) in [5.41, 5.74) is 8.81. The quantitative estimate of drug-likeness (QED) is 0.154. The third-order valence-corrected chi connectivity index (χ3v) is 8.47. The van der Waals surface area contributed by atoms with E-state index in [-0.39, 0.29) is 35.5 Å². The van der Waals surface area contributed by atoms with Gasteiger partial charge in [-0.1, -0.05) is 12.8 Å². The molecule has 0 radical (unpaired) electrons. The Balaban J connectivity index is 1.02. The van der Waals surface area contributed by atoms with Crippen molar-refractivity contribution in [1.29, 1.82) is 0 Å². The van der Waals surface area contributed by atoms with Crippen LogP contribution in [0.5, 0.6) is 0 Å². The molecule has 1 aliphatic heterocycles. The molecule has 3 amide bonds. The zero-order chi connectivity index (χ0) is 32.0. The van der Waals surface area contributed by atoms with Crippen LogP contribution in [0.3, 0.4) is 0 Å². The van der Waals surface area contributed by atoms with Crippen molar-refractivity contribution in [1.82, 2.24) is 39.7 Å². The van der Waals surface area contributed by atoms with Crippen LogP contribution in [0, 0.1) is 5.82 Å². The maximum absolute atomic E-state index is 15.4. The molecule has 1 aromatic carbocycles. The lowest BCUT2D eigenvalue weighted by molar-refractivity contribution is -0.122. The fourth-order valence-corrected chi connectivity index (χ4v) is 5.70. The summed E-state index contributed by atoms with van der Waals surface area (Å²) in [5, 5.41) is 12.9. The molecule has 242 valence electrons. The number of hydrogen-bond acceptors (Lipinski definition) is 8. The smallest absolute Gasteiger partial charge is 0.254 e. The van der Waals surface area contributed by atoms with Gasteiger partial charge in [0.15, 0.2) is 11.5 Å². The first-order valence-corrected chi connectivity index (χ1v) is 15.9. The molecule has 14 heteroatoms. The average molecular weight is 631 g/mol. The minimum atomic E-state index is -0.563. The highest BCUT2D eigenvalue weighted by Gasteiger charge is 2.28. The SMILES string of the molecule is NC(=O)CCCCCCNC(=O)CN1CCN(C(=O)c2ccc(Nc3nc(C4CC4)cn4c(-c5cn[nH]c5)cnc34)c(F)c2)CC1. The number of rotatable bonds is 14. The third-order valence-electron chi connectivity index (χ3n) is 8.47. The number of H-pyrrole nitrogens is 1. The predicted molar refractivity (Wildman–Crippen MR) is 170 cm³/mol. The zero-order valence-electron chi connectivity index (χ0n) is 25.7. The van der Waals surface area contributed by atoms with Crippen LogP contribution in [-0.4, -0.2) is 91.4 Å². The number of primary amides is 1. The molecule has 5 N–H and O–H groups in total. The van der Waals surface area contributed by atoms with Gasteiger partial charge in [-0.2, -0.15) is 5.10 Å². The standard InChI is InChI=1S/C32H39FN10O3/c33-24-15-22(32(46)42-13-11-41(12-14-42)20-29(45)35-10-4-2-1-3-5-28(34)44)8-9-25(24)39-30-31-36-18-27(23-16-37-38-17-23)43(31)19-26(40-30)21-6-7-21/h8-9,15-19,21H,1-7,10-14,20H2,(H2,34,44)(H,35,45)(H,37,38)(H,39,40). The zero-order valence-corrected chi connectivity index (χ0v) is 25.7. The van der Waals surface area contributed by atoms with Gasteiger partial charge in [-0.25, -0.2) is 14.4 Å². The number of piperazine rings is 1. The summed E-state index contributed by atoms with van der Waals surface area (Å²) < 4.78 is 17.4. The van der Waals surface area contributed by atoms with E-state index in [1.165, 1.54) is 6.07 Å². The lowest BCUT2D eigenvalue weighted by Crippen LogP contribution is -2.51. The summed E-state index contributed by atoms with van der Waals surface area (Å²) in [6.45, 7) is 2.86. The molecule has 2 aliphatic rings. The number of fused-ring (bicyclic) bond motifs is 1. The number of benzene rings is 1. The Hall–Kier alpha value is -4.85. The van der Waals surface area contributed by atoms with E-state index < -0.39 is 5.82 Å². The number of aromatic nitrogens is 5. The Bertz CT molecular complexity index is 1690. The van der Waals surface area contributed by atoms with Gasteiger partial charge in [0, 0.05) is 68.6 Å². The Morgan fingerprint density at radius 1 is 1.04 bits per heavy atom. The van der Waals surface area contributed by atoms with Crippen LogP contribution in [0.2, 0.25) is 0 Å². The van der Waals surface area contributed by atoms with Crippen LogP contribution in [-0.2, 0) is 9.59 Å². The first-order valence-electron chi connectivity index (χ1n) is 15.9. The molecular formula is C32H39FN10O3. The van der Waals surface area contributed by atoms with Crippen LogP contribution in [0.4, 0.5) is 15.9 Å². The first kappa shape index (κ1) is 31.1. The number of hydrogen-bond donors (Lipinski definition) is 4. The summed E-state index contributed by atoms with van der Waals surface area (Å²) in [6, 6.07) is 4.43.